The van der Waals surface area contributed by atoms with Gasteiger partial charge in [-0.1, -0.05) is 6.58 Å². The molecular weight excluding hydrogens is 224 g/mol. The molecule has 4 unspecified atom stereocenters. The Morgan fingerprint density at radius 2 is 2.12 bits per heavy atom. The van der Waals surface area contributed by atoms with Gasteiger partial charge in [-0.15, -0.1) is 0 Å². The summed E-state index contributed by atoms with van der Waals surface area (Å²) < 4.78 is 16.4. The van der Waals surface area contributed by atoms with Crippen molar-refractivity contribution in [3.05, 3.63) is 12.2 Å². The third kappa shape index (κ3) is 2.51. The van der Waals surface area contributed by atoms with Gasteiger partial charge in [0, 0.05) is 18.1 Å². The average Bonchev–Trinajstić information content (AvgIpc) is 2.83. The largest absolute Gasteiger partial charge is 0.454 e. The van der Waals surface area contributed by atoms with E-state index in [1.807, 2.05) is 0 Å². The molecule has 96 valence electrons. The lowest BCUT2D eigenvalue weighted by Gasteiger charge is -2.16. The molecule has 17 heavy (non-hydrogen) atoms. The van der Waals surface area contributed by atoms with E-state index in [-0.39, 0.29) is 30.8 Å². The highest BCUT2D eigenvalue weighted by Crippen LogP contribution is 2.34. The van der Waals surface area contributed by atoms with Gasteiger partial charge in [-0.2, -0.15) is 0 Å². The minimum atomic E-state index is -0.409. The third-order valence-corrected chi connectivity index (χ3v) is 3.22. The van der Waals surface area contributed by atoms with Gasteiger partial charge in [-0.3, -0.25) is 0 Å². The molecule has 0 amide bonds. The summed E-state index contributed by atoms with van der Waals surface area (Å²) in [7, 11) is 0. The molecule has 0 bridgehead atoms. The molecule has 2 rings (SSSR count). The highest BCUT2D eigenvalue weighted by Gasteiger charge is 2.48. The van der Waals surface area contributed by atoms with E-state index in [9.17, 15) is 4.79 Å². The second kappa shape index (κ2) is 5.16. The Morgan fingerprint density at radius 1 is 1.41 bits per heavy atom. The number of hydrogen-bond acceptors (Lipinski definition) is 5. The van der Waals surface area contributed by atoms with Crippen LogP contribution in [-0.4, -0.2) is 49.2 Å². The zero-order chi connectivity index (χ0) is 12.4. The molecule has 2 aliphatic heterocycles. The number of aliphatic hydroxyl groups excluding tert-OH is 1. The van der Waals surface area contributed by atoms with Crippen molar-refractivity contribution < 1.29 is 24.1 Å². The van der Waals surface area contributed by atoms with Crippen molar-refractivity contribution in [2.75, 3.05) is 19.8 Å². The first-order chi connectivity index (χ1) is 8.13. The van der Waals surface area contributed by atoms with Gasteiger partial charge in [0.15, 0.2) is 6.10 Å². The van der Waals surface area contributed by atoms with Crippen molar-refractivity contribution in [3.63, 3.8) is 0 Å². The summed E-state index contributed by atoms with van der Waals surface area (Å²) in [6, 6.07) is 0. The number of rotatable bonds is 4. The summed E-state index contributed by atoms with van der Waals surface area (Å²) >= 11 is 0. The van der Waals surface area contributed by atoms with Gasteiger partial charge >= 0.3 is 5.97 Å². The third-order valence-electron chi connectivity index (χ3n) is 3.22. The van der Waals surface area contributed by atoms with Crippen LogP contribution in [-0.2, 0) is 19.0 Å². The topological polar surface area (TPSA) is 65.0 Å². The Labute approximate surface area is 100 Å². The molecule has 2 heterocycles. The SMILES string of the molecule is C=C(C)C(=O)OC1COC2C(CCO)COC12. The number of ether oxygens (including phenoxy) is 3. The van der Waals surface area contributed by atoms with Crippen LogP contribution in [0.15, 0.2) is 12.2 Å². The number of aliphatic hydroxyl groups is 1. The van der Waals surface area contributed by atoms with Gasteiger partial charge in [-0.25, -0.2) is 4.79 Å². The van der Waals surface area contributed by atoms with E-state index in [2.05, 4.69) is 6.58 Å². The van der Waals surface area contributed by atoms with Crippen LogP contribution in [0.3, 0.4) is 0 Å². The van der Waals surface area contributed by atoms with Crippen molar-refractivity contribution in [1.82, 2.24) is 0 Å². The maximum atomic E-state index is 11.4. The molecule has 2 saturated heterocycles. The van der Waals surface area contributed by atoms with Crippen LogP contribution >= 0.6 is 0 Å². The zero-order valence-electron chi connectivity index (χ0n) is 9.93. The lowest BCUT2D eigenvalue weighted by atomic mass is 9.98. The predicted octanol–water partition coefficient (Wildman–Crippen LogP) is 0.270. The summed E-state index contributed by atoms with van der Waals surface area (Å²) in [5.41, 5.74) is 0.373. The Balaban J connectivity index is 1.92. The quantitative estimate of drug-likeness (QED) is 0.566. The molecule has 0 radical (unpaired) electrons. The molecule has 0 saturated carbocycles. The van der Waals surface area contributed by atoms with Crippen LogP contribution in [0.5, 0.6) is 0 Å². The van der Waals surface area contributed by atoms with Crippen molar-refractivity contribution in [2.24, 2.45) is 5.92 Å². The molecule has 0 aliphatic carbocycles. The van der Waals surface area contributed by atoms with E-state index in [0.717, 1.165) is 0 Å². The van der Waals surface area contributed by atoms with Crippen molar-refractivity contribution in [3.8, 4) is 0 Å². The molecule has 0 aromatic carbocycles. The van der Waals surface area contributed by atoms with E-state index in [1.165, 1.54) is 0 Å². The van der Waals surface area contributed by atoms with Gasteiger partial charge in [0.1, 0.15) is 6.10 Å². The summed E-state index contributed by atoms with van der Waals surface area (Å²) in [4.78, 5) is 11.4. The summed E-state index contributed by atoms with van der Waals surface area (Å²) in [6.07, 6.45) is 0.0373. The van der Waals surface area contributed by atoms with Crippen molar-refractivity contribution in [2.45, 2.75) is 31.7 Å². The molecule has 4 atom stereocenters. The summed E-state index contributed by atoms with van der Waals surface area (Å²) in [6.45, 7) is 6.18. The number of carbonyl (C=O) groups is 1. The summed E-state index contributed by atoms with van der Waals surface area (Å²) in [5, 5.41) is 8.92. The van der Waals surface area contributed by atoms with Crippen molar-refractivity contribution in [1.29, 1.82) is 0 Å². The Bertz CT molecular complexity index is 314. The number of fused-ring (bicyclic) bond motifs is 1. The smallest absolute Gasteiger partial charge is 0.333 e. The summed E-state index contributed by atoms with van der Waals surface area (Å²) in [5.74, 6) is -0.216. The van der Waals surface area contributed by atoms with Crippen LogP contribution in [0, 0.1) is 5.92 Å². The lowest BCUT2D eigenvalue weighted by Crippen LogP contribution is -2.33. The number of esters is 1. The molecule has 5 nitrogen and oxygen atoms in total. The van der Waals surface area contributed by atoms with E-state index in [4.69, 9.17) is 19.3 Å². The first-order valence-electron chi connectivity index (χ1n) is 5.84. The zero-order valence-corrected chi connectivity index (χ0v) is 9.93. The van der Waals surface area contributed by atoms with Crippen LogP contribution in [0.4, 0.5) is 0 Å². The minimum absolute atomic E-state index is 0.0647. The average molecular weight is 242 g/mol. The maximum absolute atomic E-state index is 11.4. The maximum Gasteiger partial charge on any atom is 0.333 e. The normalized spacial score (nSPS) is 35.6. The molecule has 2 aliphatic rings. The van der Waals surface area contributed by atoms with E-state index in [1.54, 1.807) is 6.92 Å². The Morgan fingerprint density at radius 3 is 2.76 bits per heavy atom. The minimum Gasteiger partial charge on any atom is -0.454 e. The predicted molar refractivity (Wildman–Crippen MR) is 59.4 cm³/mol. The molecule has 2 fully saturated rings. The highest BCUT2D eigenvalue weighted by atomic mass is 16.6. The van der Waals surface area contributed by atoms with Gasteiger partial charge < -0.3 is 19.3 Å². The van der Waals surface area contributed by atoms with Crippen LogP contribution in [0.25, 0.3) is 0 Å². The first-order valence-corrected chi connectivity index (χ1v) is 5.84. The monoisotopic (exact) mass is 242 g/mol. The standard InChI is InChI=1S/C12H18O5/c1-7(2)12(14)17-9-6-16-10-8(3-4-13)5-15-11(9)10/h8-11,13H,1,3-6H2,2H3. The fourth-order valence-corrected chi connectivity index (χ4v) is 2.30. The Hall–Kier alpha value is -0.910. The second-order valence-corrected chi connectivity index (χ2v) is 4.59. The molecule has 0 aromatic rings. The molecule has 5 heteroatoms. The number of hydrogen-bond donors (Lipinski definition) is 1. The van der Waals surface area contributed by atoms with Gasteiger partial charge in [0.05, 0.1) is 19.3 Å². The van der Waals surface area contributed by atoms with E-state index in [0.29, 0.717) is 25.2 Å². The molecular formula is C12H18O5. The van der Waals surface area contributed by atoms with Gasteiger partial charge in [-0.05, 0) is 13.3 Å². The van der Waals surface area contributed by atoms with Crippen LogP contribution in [0.2, 0.25) is 0 Å². The molecule has 0 aromatic heterocycles. The second-order valence-electron chi connectivity index (χ2n) is 4.59. The molecule has 0 spiro atoms. The fourth-order valence-electron chi connectivity index (χ4n) is 2.30. The van der Waals surface area contributed by atoms with Gasteiger partial charge in [0.25, 0.3) is 0 Å². The van der Waals surface area contributed by atoms with Crippen LogP contribution < -0.4 is 0 Å². The highest BCUT2D eigenvalue weighted by molar-refractivity contribution is 5.87. The van der Waals surface area contributed by atoms with E-state index < -0.39 is 5.97 Å². The lowest BCUT2D eigenvalue weighted by molar-refractivity contribution is -0.148. The van der Waals surface area contributed by atoms with E-state index >= 15 is 0 Å². The molecule has 1 N–H and O–H groups in total. The fraction of sp³-hybridized carbons (Fsp3) is 0.750. The number of carbonyl (C=O) groups excluding carboxylic acids is 1. The van der Waals surface area contributed by atoms with Gasteiger partial charge in [0.2, 0.25) is 0 Å². The van der Waals surface area contributed by atoms with Crippen LogP contribution in [0.1, 0.15) is 13.3 Å². The Kier molecular flexibility index (Phi) is 3.81. The first kappa shape index (κ1) is 12.5. The van der Waals surface area contributed by atoms with Crippen molar-refractivity contribution >= 4 is 5.97 Å².